The number of aromatic nitrogens is 1. The minimum Gasteiger partial charge on any atom is -0.477 e. The average Bonchev–Trinajstić information content (AvgIpc) is 3.03. The van der Waals surface area contributed by atoms with E-state index < -0.39 is 5.97 Å². The molecule has 0 aliphatic carbocycles. The van der Waals surface area contributed by atoms with Gasteiger partial charge in [-0.1, -0.05) is 12.1 Å². The van der Waals surface area contributed by atoms with Gasteiger partial charge in [0.05, 0.1) is 10.9 Å². The molecule has 1 aliphatic heterocycles. The summed E-state index contributed by atoms with van der Waals surface area (Å²) in [5, 5.41) is 9.92. The molecular weight excluding hydrogens is 301 g/mol. The van der Waals surface area contributed by atoms with E-state index in [1.165, 1.54) is 18.2 Å². The van der Waals surface area contributed by atoms with Gasteiger partial charge in [-0.2, -0.15) is 0 Å². The highest BCUT2D eigenvalue weighted by Gasteiger charge is 2.22. The number of carboxylic acid groups (broad SMARTS) is 1. The van der Waals surface area contributed by atoms with Gasteiger partial charge in [0.15, 0.2) is 11.5 Å². The highest BCUT2D eigenvalue weighted by Crippen LogP contribution is 2.43. The number of hydrogen-bond acceptors (Lipinski definition) is 4. The predicted molar refractivity (Wildman–Crippen MR) is 80.2 cm³/mol. The summed E-state index contributed by atoms with van der Waals surface area (Å²) in [5.41, 5.74) is 1.67. The number of hydrogen-bond donors (Lipinski definition) is 1. The van der Waals surface area contributed by atoms with Gasteiger partial charge in [-0.05, 0) is 41.5 Å². The van der Waals surface area contributed by atoms with E-state index >= 15 is 0 Å². The smallest absolute Gasteiger partial charge is 0.354 e. The number of benzene rings is 2. The fourth-order valence-corrected chi connectivity index (χ4v) is 2.65. The molecule has 1 aliphatic rings. The fraction of sp³-hybridized carbons (Fsp3) is 0.0588. The third kappa shape index (κ3) is 2.15. The summed E-state index contributed by atoms with van der Waals surface area (Å²) in [6.45, 7) is 0.0952. The number of nitrogens with zero attached hydrogens (tertiary/aromatic N) is 1. The summed E-state index contributed by atoms with van der Waals surface area (Å²) in [6.07, 6.45) is 0. The van der Waals surface area contributed by atoms with E-state index in [1.807, 2.05) is 0 Å². The van der Waals surface area contributed by atoms with E-state index in [0.29, 0.717) is 33.5 Å². The lowest BCUT2D eigenvalue weighted by molar-refractivity contribution is 0.0691. The first-order valence-corrected chi connectivity index (χ1v) is 6.86. The van der Waals surface area contributed by atoms with Crippen molar-refractivity contribution in [2.24, 2.45) is 0 Å². The highest BCUT2D eigenvalue weighted by atomic mass is 19.1. The van der Waals surface area contributed by atoms with Crippen molar-refractivity contribution in [3.05, 3.63) is 54.0 Å². The molecule has 0 saturated carbocycles. The summed E-state index contributed by atoms with van der Waals surface area (Å²) in [6, 6.07) is 10.7. The molecule has 2 aromatic carbocycles. The third-order valence-corrected chi connectivity index (χ3v) is 3.68. The predicted octanol–water partition coefficient (Wildman–Crippen LogP) is 3.47. The molecule has 0 amide bonds. The molecule has 0 atom stereocenters. The Labute approximate surface area is 129 Å². The van der Waals surface area contributed by atoms with Gasteiger partial charge in [0.1, 0.15) is 11.5 Å². The van der Waals surface area contributed by atoms with Crippen LogP contribution in [-0.4, -0.2) is 22.9 Å². The van der Waals surface area contributed by atoms with Gasteiger partial charge in [-0.15, -0.1) is 0 Å². The van der Waals surface area contributed by atoms with Crippen LogP contribution in [0.3, 0.4) is 0 Å². The fourth-order valence-electron chi connectivity index (χ4n) is 2.65. The number of pyridine rings is 1. The maximum atomic E-state index is 13.2. The van der Waals surface area contributed by atoms with Gasteiger partial charge >= 0.3 is 5.97 Å². The van der Waals surface area contributed by atoms with E-state index in [2.05, 4.69) is 4.98 Å². The van der Waals surface area contributed by atoms with Crippen LogP contribution in [0, 0.1) is 5.82 Å². The molecule has 0 spiro atoms. The molecule has 1 N–H and O–H groups in total. The van der Waals surface area contributed by atoms with Crippen LogP contribution in [0.2, 0.25) is 0 Å². The molecule has 2 heterocycles. The standard InChI is InChI=1S/C17H10FNO4/c18-10-3-1-9(2-4-10)11-7-13(17(20)21)19-12-5-6-14-16(15(11)12)23-8-22-14/h1-7H,8H2,(H,20,21). The Balaban J connectivity index is 2.08. The van der Waals surface area contributed by atoms with E-state index in [0.717, 1.165) is 0 Å². The van der Waals surface area contributed by atoms with Crippen molar-refractivity contribution < 1.29 is 23.8 Å². The lowest BCUT2D eigenvalue weighted by atomic mass is 9.99. The van der Waals surface area contributed by atoms with Crippen LogP contribution in [0.15, 0.2) is 42.5 Å². The van der Waals surface area contributed by atoms with Crippen molar-refractivity contribution in [1.29, 1.82) is 0 Å². The van der Waals surface area contributed by atoms with Crippen LogP contribution in [0.25, 0.3) is 22.0 Å². The van der Waals surface area contributed by atoms with Crippen LogP contribution in [0.1, 0.15) is 10.5 Å². The highest BCUT2D eigenvalue weighted by molar-refractivity contribution is 6.03. The monoisotopic (exact) mass is 311 g/mol. The van der Waals surface area contributed by atoms with Crippen molar-refractivity contribution >= 4 is 16.9 Å². The summed E-state index contributed by atoms with van der Waals surface area (Å²) in [7, 11) is 0. The second kappa shape index (κ2) is 4.95. The number of aromatic carboxylic acids is 1. The van der Waals surface area contributed by atoms with Gasteiger partial charge in [-0.25, -0.2) is 14.2 Å². The van der Waals surface area contributed by atoms with Crippen LogP contribution in [0.4, 0.5) is 4.39 Å². The Morgan fingerprint density at radius 3 is 2.65 bits per heavy atom. The molecule has 114 valence electrons. The summed E-state index contributed by atoms with van der Waals surface area (Å²) >= 11 is 0. The summed E-state index contributed by atoms with van der Waals surface area (Å²) in [4.78, 5) is 15.5. The Morgan fingerprint density at radius 1 is 1.13 bits per heavy atom. The molecule has 23 heavy (non-hydrogen) atoms. The second-order valence-electron chi connectivity index (χ2n) is 5.06. The summed E-state index contributed by atoms with van der Waals surface area (Å²) < 4.78 is 24.1. The van der Waals surface area contributed by atoms with Gasteiger partial charge in [0.25, 0.3) is 0 Å². The lowest BCUT2D eigenvalue weighted by Gasteiger charge is -2.10. The van der Waals surface area contributed by atoms with Crippen LogP contribution < -0.4 is 9.47 Å². The van der Waals surface area contributed by atoms with Crippen molar-refractivity contribution in [1.82, 2.24) is 4.98 Å². The average molecular weight is 311 g/mol. The first kappa shape index (κ1) is 13.5. The number of ether oxygens (including phenoxy) is 2. The zero-order chi connectivity index (χ0) is 16.0. The van der Waals surface area contributed by atoms with Gasteiger partial charge < -0.3 is 14.6 Å². The quantitative estimate of drug-likeness (QED) is 0.785. The maximum absolute atomic E-state index is 13.2. The molecule has 0 fully saturated rings. The molecular formula is C17H10FNO4. The SMILES string of the molecule is O=C(O)c1cc(-c2ccc(F)cc2)c2c3c(ccc2n1)OCO3. The minimum absolute atomic E-state index is 0.0873. The first-order valence-electron chi connectivity index (χ1n) is 6.86. The number of carboxylic acids is 1. The van der Waals surface area contributed by atoms with Crippen molar-refractivity contribution in [2.45, 2.75) is 0 Å². The summed E-state index contributed by atoms with van der Waals surface area (Å²) in [5.74, 6) is -0.402. The topological polar surface area (TPSA) is 68.7 Å². The molecule has 0 radical (unpaired) electrons. The molecule has 4 rings (SSSR count). The van der Waals surface area contributed by atoms with Crippen molar-refractivity contribution in [3.8, 4) is 22.6 Å². The van der Waals surface area contributed by atoms with Gasteiger partial charge in [0.2, 0.25) is 6.79 Å². The minimum atomic E-state index is -1.13. The number of rotatable bonds is 2. The zero-order valence-corrected chi connectivity index (χ0v) is 11.7. The molecule has 0 saturated heterocycles. The molecule has 3 aromatic rings. The van der Waals surface area contributed by atoms with Crippen LogP contribution in [0.5, 0.6) is 11.5 Å². The third-order valence-electron chi connectivity index (χ3n) is 3.68. The lowest BCUT2D eigenvalue weighted by Crippen LogP contribution is -2.02. The van der Waals surface area contributed by atoms with Gasteiger partial charge in [0, 0.05) is 0 Å². The van der Waals surface area contributed by atoms with Crippen LogP contribution in [-0.2, 0) is 0 Å². The van der Waals surface area contributed by atoms with Gasteiger partial charge in [-0.3, -0.25) is 0 Å². The molecule has 6 heteroatoms. The van der Waals surface area contributed by atoms with E-state index in [9.17, 15) is 14.3 Å². The number of carbonyl (C=O) groups is 1. The Hall–Kier alpha value is -3.15. The van der Waals surface area contributed by atoms with E-state index in [-0.39, 0.29) is 18.3 Å². The normalized spacial score (nSPS) is 12.6. The Morgan fingerprint density at radius 2 is 1.91 bits per heavy atom. The largest absolute Gasteiger partial charge is 0.477 e. The molecule has 5 nitrogen and oxygen atoms in total. The van der Waals surface area contributed by atoms with E-state index in [1.54, 1.807) is 24.3 Å². The van der Waals surface area contributed by atoms with Crippen molar-refractivity contribution in [2.75, 3.05) is 6.79 Å². The first-order chi connectivity index (χ1) is 11.1. The van der Waals surface area contributed by atoms with Crippen LogP contribution >= 0.6 is 0 Å². The van der Waals surface area contributed by atoms with E-state index in [4.69, 9.17) is 9.47 Å². The molecule has 0 unspecified atom stereocenters. The molecule has 1 aromatic heterocycles. The van der Waals surface area contributed by atoms with Crippen molar-refractivity contribution in [3.63, 3.8) is 0 Å². The Bertz CT molecular complexity index is 937. The number of fused-ring (bicyclic) bond motifs is 3. The molecule has 0 bridgehead atoms. The maximum Gasteiger partial charge on any atom is 0.354 e. The second-order valence-corrected chi connectivity index (χ2v) is 5.06. The number of halogens is 1. The zero-order valence-electron chi connectivity index (χ0n) is 11.7. The Kier molecular flexibility index (Phi) is 2.90.